The number of nitrogens with two attached hydrogens (primary N) is 2. The summed E-state index contributed by atoms with van der Waals surface area (Å²) in [6.07, 6.45) is 2.65. The lowest BCUT2D eigenvalue weighted by Crippen LogP contribution is -2.21. The Morgan fingerprint density at radius 1 is 1.47 bits per heavy atom. The minimum atomic E-state index is -0.109. The number of hydrogen-bond acceptors (Lipinski definition) is 4. The van der Waals surface area contributed by atoms with Gasteiger partial charge in [0.05, 0.1) is 18.9 Å². The molecule has 7 heteroatoms. The zero-order valence-corrected chi connectivity index (χ0v) is 11.8. The number of nitrogens with zero attached hydrogens (tertiary/aromatic N) is 3. The molecule has 0 aliphatic heterocycles. The van der Waals surface area contributed by atoms with Crippen LogP contribution >= 0.6 is 15.9 Å². The first kappa shape index (κ1) is 15.0. The van der Waals surface area contributed by atoms with Crippen LogP contribution in [0.2, 0.25) is 0 Å². The van der Waals surface area contributed by atoms with Crippen molar-refractivity contribution in [2.75, 3.05) is 6.61 Å². The van der Waals surface area contributed by atoms with E-state index < -0.39 is 0 Å². The molecule has 0 radical (unpaired) electrons. The van der Waals surface area contributed by atoms with E-state index in [1.54, 1.807) is 0 Å². The van der Waals surface area contributed by atoms with Crippen molar-refractivity contribution < 1.29 is 4.74 Å². The zero-order valence-electron chi connectivity index (χ0n) is 10.2. The third kappa shape index (κ3) is 5.88. The summed E-state index contributed by atoms with van der Waals surface area (Å²) in [4.78, 5) is 0. The largest absolute Gasteiger partial charge is 0.493 e. The van der Waals surface area contributed by atoms with Crippen LogP contribution in [0.3, 0.4) is 0 Å². The van der Waals surface area contributed by atoms with Crippen LogP contribution in [0.5, 0.6) is 5.75 Å². The summed E-state index contributed by atoms with van der Waals surface area (Å²) in [5.74, 6) is 0.554. The molecule has 0 aliphatic carbocycles. The van der Waals surface area contributed by atoms with Gasteiger partial charge in [-0.1, -0.05) is 15.9 Å². The predicted molar refractivity (Wildman–Crippen MR) is 77.9 cm³/mol. The molecule has 0 aliphatic rings. The first-order chi connectivity index (χ1) is 9.13. The maximum atomic E-state index is 8.45. The van der Waals surface area contributed by atoms with Crippen LogP contribution in [0.15, 0.2) is 32.9 Å². The van der Waals surface area contributed by atoms with E-state index in [4.69, 9.17) is 21.5 Å². The van der Waals surface area contributed by atoms with Crippen LogP contribution in [0, 0.1) is 11.3 Å². The van der Waals surface area contributed by atoms with Crippen LogP contribution in [-0.2, 0) is 0 Å². The molecular weight excluding hydrogens is 310 g/mol. The molecule has 0 amide bonds. The number of unbranched alkanes of at least 4 members (excludes halogenated alkanes) is 1. The highest BCUT2D eigenvalue weighted by molar-refractivity contribution is 9.10. The summed E-state index contributed by atoms with van der Waals surface area (Å²) in [5.41, 5.74) is 11.1. The number of guanidine groups is 1. The van der Waals surface area contributed by atoms with Crippen LogP contribution in [0.1, 0.15) is 18.4 Å². The summed E-state index contributed by atoms with van der Waals surface area (Å²) in [6.45, 7) is 0.471. The zero-order chi connectivity index (χ0) is 14.1. The number of ether oxygens (including phenoxy) is 1. The van der Waals surface area contributed by atoms with Crippen molar-refractivity contribution in [1.29, 1.82) is 5.26 Å². The molecule has 0 spiro atoms. The topological polar surface area (TPSA) is 110 Å². The molecule has 1 aromatic rings. The molecule has 4 N–H and O–H groups in total. The van der Waals surface area contributed by atoms with Crippen LogP contribution < -0.4 is 16.2 Å². The van der Waals surface area contributed by atoms with E-state index in [0.29, 0.717) is 25.2 Å². The van der Waals surface area contributed by atoms with Gasteiger partial charge in [0.15, 0.2) is 0 Å². The van der Waals surface area contributed by atoms with Crippen molar-refractivity contribution in [3.63, 3.8) is 0 Å². The Morgan fingerprint density at radius 3 is 2.95 bits per heavy atom. The molecule has 100 valence electrons. The lowest BCUT2D eigenvalue weighted by molar-refractivity contribution is 0.312. The Kier molecular flexibility index (Phi) is 6.39. The fourth-order valence-electron chi connectivity index (χ4n) is 1.24. The highest BCUT2D eigenvalue weighted by atomic mass is 79.9. The van der Waals surface area contributed by atoms with Crippen LogP contribution in [-0.4, -0.2) is 18.8 Å². The average Bonchev–Trinajstić information content (AvgIpc) is 2.36. The van der Waals surface area contributed by atoms with E-state index in [0.717, 1.165) is 10.0 Å². The monoisotopic (exact) mass is 323 g/mol. The predicted octanol–water partition coefficient (Wildman–Crippen LogP) is 1.74. The van der Waals surface area contributed by atoms with Crippen molar-refractivity contribution in [2.45, 2.75) is 12.8 Å². The summed E-state index contributed by atoms with van der Waals surface area (Å²) in [7, 11) is 0. The average molecular weight is 324 g/mol. The molecule has 1 aromatic carbocycles. The second kappa shape index (κ2) is 8.11. The highest BCUT2D eigenvalue weighted by Gasteiger charge is 2.02. The fourth-order valence-corrected chi connectivity index (χ4v) is 1.62. The van der Waals surface area contributed by atoms with Crippen molar-refractivity contribution in [3.8, 4) is 11.8 Å². The molecule has 0 saturated heterocycles. The van der Waals surface area contributed by atoms with E-state index in [9.17, 15) is 0 Å². The Balaban J connectivity index is 2.77. The Hall–Kier alpha value is -2.07. The van der Waals surface area contributed by atoms with Gasteiger partial charge in [0.25, 0.3) is 0 Å². The summed E-state index contributed by atoms with van der Waals surface area (Å²) >= 11 is 3.36. The standard InChI is InChI=1S/C12H14BrN5O/c13-10-3-4-11(19-6-2-1-5-14)9(7-10)8-17-18-12(15)16/h3-4,7-8H,1-2,6H2,(H4,15,16,18). The SMILES string of the molecule is N#CCCCOc1ccc(Br)cc1C=NN=C(N)N. The quantitative estimate of drug-likeness (QED) is 0.359. The van der Waals surface area contributed by atoms with Gasteiger partial charge in [0.2, 0.25) is 5.96 Å². The number of benzene rings is 1. The fraction of sp³-hybridized carbons (Fsp3) is 0.250. The number of halogens is 1. The highest BCUT2D eigenvalue weighted by Crippen LogP contribution is 2.22. The first-order valence-corrected chi connectivity index (χ1v) is 6.34. The third-order valence-corrected chi connectivity index (χ3v) is 2.53. The van der Waals surface area contributed by atoms with Crippen LogP contribution in [0.4, 0.5) is 0 Å². The van der Waals surface area contributed by atoms with E-state index in [1.165, 1.54) is 6.21 Å². The molecule has 0 aromatic heterocycles. The van der Waals surface area contributed by atoms with Gasteiger partial charge in [0, 0.05) is 16.5 Å². The second-order valence-corrected chi connectivity index (χ2v) is 4.48. The second-order valence-electron chi connectivity index (χ2n) is 3.56. The van der Waals surface area contributed by atoms with E-state index >= 15 is 0 Å². The van der Waals surface area contributed by atoms with Gasteiger partial charge in [0.1, 0.15) is 5.75 Å². The molecule has 0 atom stereocenters. The summed E-state index contributed by atoms with van der Waals surface area (Å²) in [5, 5.41) is 15.7. The van der Waals surface area contributed by atoms with E-state index in [2.05, 4.69) is 32.2 Å². The Bertz CT molecular complexity index is 517. The molecule has 0 bridgehead atoms. The number of hydrogen-bond donors (Lipinski definition) is 2. The van der Waals surface area contributed by atoms with Gasteiger partial charge in [-0.15, -0.1) is 5.10 Å². The number of nitriles is 1. The van der Waals surface area contributed by atoms with Gasteiger partial charge in [-0.25, -0.2) is 0 Å². The summed E-state index contributed by atoms with van der Waals surface area (Å²) < 4.78 is 6.47. The number of rotatable bonds is 6. The first-order valence-electron chi connectivity index (χ1n) is 5.54. The summed E-state index contributed by atoms with van der Waals surface area (Å²) in [6, 6.07) is 7.58. The minimum Gasteiger partial charge on any atom is -0.493 e. The lowest BCUT2D eigenvalue weighted by atomic mass is 10.2. The van der Waals surface area contributed by atoms with Crippen molar-refractivity contribution in [2.24, 2.45) is 21.7 Å². The molecule has 0 heterocycles. The van der Waals surface area contributed by atoms with Gasteiger partial charge >= 0.3 is 0 Å². The smallest absolute Gasteiger partial charge is 0.211 e. The molecule has 19 heavy (non-hydrogen) atoms. The Labute approximate surface area is 119 Å². The maximum absolute atomic E-state index is 8.45. The third-order valence-electron chi connectivity index (χ3n) is 2.03. The van der Waals surface area contributed by atoms with Crippen LogP contribution in [0.25, 0.3) is 0 Å². The Morgan fingerprint density at radius 2 is 2.26 bits per heavy atom. The van der Waals surface area contributed by atoms with E-state index in [1.807, 2.05) is 18.2 Å². The normalized spacial score (nSPS) is 10.1. The van der Waals surface area contributed by atoms with Gasteiger partial charge in [-0.05, 0) is 24.6 Å². The molecular formula is C12H14BrN5O. The van der Waals surface area contributed by atoms with Crippen molar-refractivity contribution >= 4 is 28.1 Å². The van der Waals surface area contributed by atoms with E-state index in [-0.39, 0.29) is 5.96 Å². The van der Waals surface area contributed by atoms with Crippen molar-refractivity contribution in [3.05, 3.63) is 28.2 Å². The minimum absolute atomic E-state index is 0.109. The van der Waals surface area contributed by atoms with Gasteiger partial charge < -0.3 is 16.2 Å². The lowest BCUT2D eigenvalue weighted by Gasteiger charge is -2.08. The molecule has 6 nitrogen and oxygen atoms in total. The molecule has 0 fully saturated rings. The molecule has 0 unspecified atom stereocenters. The van der Waals surface area contributed by atoms with Crippen molar-refractivity contribution in [1.82, 2.24) is 0 Å². The van der Waals surface area contributed by atoms with Gasteiger partial charge in [-0.3, -0.25) is 0 Å². The molecule has 1 rings (SSSR count). The van der Waals surface area contributed by atoms with Gasteiger partial charge in [-0.2, -0.15) is 10.4 Å². The molecule has 0 saturated carbocycles. The maximum Gasteiger partial charge on any atom is 0.211 e.